The number of H-pyrrole nitrogens is 1. The number of aromatic nitrogens is 2. The monoisotopic (exact) mass is 304 g/mol. The van der Waals surface area contributed by atoms with Crippen molar-refractivity contribution in [2.75, 3.05) is 7.11 Å². The molecule has 1 aromatic carbocycles. The third kappa shape index (κ3) is 4.46. The van der Waals surface area contributed by atoms with Gasteiger partial charge in [-0.3, -0.25) is 9.59 Å². The van der Waals surface area contributed by atoms with E-state index in [4.69, 9.17) is 0 Å². The van der Waals surface area contributed by atoms with Crippen molar-refractivity contribution in [3.63, 3.8) is 0 Å². The number of hydrogen-bond donors (Lipinski definition) is 1. The number of nitrogens with zero attached hydrogens (tertiary/aromatic N) is 1. The van der Waals surface area contributed by atoms with Crippen LogP contribution in [-0.2, 0) is 21.7 Å². The number of nitrogens with one attached hydrogen (secondary N) is 1. The van der Waals surface area contributed by atoms with E-state index < -0.39 is 5.97 Å². The lowest BCUT2D eigenvalue weighted by Gasteiger charge is -2.06. The standard InChI is InChI=1S/C15H16N2O3S/c1-10-5-3-4-6-11(10)9-21-15-16-12(7-13(18)17-15)8-14(19)20-2/h3-7H,8-9H2,1-2H3,(H,16,17,18). The molecule has 2 aromatic rings. The fraction of sp³-hybridized carbons (Fsp3) is 0.267. The first-order valence-electron chi connectivity index (χ1n) is 6.43. The van der Waals surface area contributed by atoms with Crippen LogP contribution < -0.4 is 5.56 Å². The number of benzene rings is 1. The van der Waals surface area contributed by atoms with Crippen molar-refractivity contribution in [1.82, 2.24) is 9.97 Å². The fourth-order valence-electron chi connectivity index (χ4n) is 1.78. The van der Waals surface area contributed by atoms with E-state index in [9.17, 15) is 9.59 Å². The Morgan fingerprint density at radius 1 is 1.38 bits per heavy atom. The zero-order chi connectivity index (χ0) is 15.2. The second kappa shape index (κ2) is 7.08. The number of thioether (sulfide) groups is 1. The number of hydrogen-bond acceptors (Lipinski definition) is 5. The van der Waals surface area contributed by atoms with E-state index in [1.165, 1.54) is 36.1 Å². The molecule has 110 valence electrons. The van der Waals surface area contributed by atoms with Crippen molar-refractivity contribution in [2.45, 2.75) is 24.3 Å². The third-order valence-corrected chi connectivity index (χ3v) is 3.87. The van der Waals surface area contributed by atoms with Crippen LogP contribution in [0.1, 0.15) is 16.8 Å². The van der Waals surface area contributed by atoms with E-state index in [2.05, 4.69) is 14.7 Å². The van der Waals surface area contributed by atoms with Gasteiger partial charge in [0.25, 0.3) is 5.56 Å². The van der Waals surface area contributed by atoms with E-state index in [-0.39, 0.29) is 12.0 Å². The van der Waals surface area contributed by atoms with Gasteiger partial charge in [-0.1, -0.05) is 36.0 Å². The van der Waals surface area contributed by atoms with Gasteiger partial charge in [0.2, 0.25) is 0 Å². The van der Waals surface area contributed by atoms with Crippen LogP contribution in [0.25, 0.3) is 0 Å². The van der Waals surface area contributed by atoms with Crippen LogP contribution in [0.15, 0.2) is 40.3 Å². The van der Waals surface area contributed by atoms with E-state index >= 15 is 0 Å². The van der Waals surface area contributed by atoms with Crippen LogP contribution in [0.3, 0.4) is 0 Å². The molecular weight excluding hydrogens is 288 g/mol. The second-order valence-electron chi connectivity index (χ2n) is 4.51. The van der Waals surface area contributed by atoms with Crippen LogP contribution in [-0.4, -0.2) is 23.0 Å². The number of rotatable bonds is 5. The zero-order valence-electron chi connectivity index (χ0n) is 11.9. The molecule has 0 aliphatic rings. The van der Waals surface area contributed by atoms with Gasteiger partial charge in [-0.2, -0.15) is 0 Å². The minimum Gasteiger partial charge on any atom is -0.469 e. The van der Waals surface area contributed by atoms with Crippen molar-refractivity contribution in [3.05, 3.63) is 57.5 Å². The van der Waals surface area contributed by atoms with Crippen LogP contribution in [0.5, 0.6) is 0 Å². The van der Waals surface area contributed by atoms with Crippen LogP contribution in [0, 0.1) is 6.92 Å². The lowest BCUT2D eigenvalue weighted by atomic mass is 10.1. The normalized spacial score (nSPS) is 10.4. The van der Waals surface area contributed by atoms with Crippen molar-refractivity contribution >= 4 is 17.7 Å². The van der Waals surface area contributed by atoms with Gasteiger partial charge in [-0.05, 0) is 18.1 Å². The molecule has 6 heteroatoms. The van der Waals surface area contributed by atoms with Crippen LogP contribution in [0.2, 0.25) is 0 Å². The summed E-state index contributed by atoms with van der Waals surface area (Å²) in [6.07, 6.45) is -0.00164. The summed E-state index contributed by atoms with van der Waals surface area (Å²) in [6.45, 7) is 2.04. The first-order valence-corrected chi connectivity index (χ1v) is 7.41. The molecule has 1 aromatic heterocycles. The molecule has 0 aliphatic carbocycles. The number of carbonyl (C=O) groups excluding carboxylic acids is 1. The SMILES string of the molecule is COC(=O)Cc1cc(=O)[nH]c(SCc2ccccc2C)n1. The molecule has 0 radical (unpaired) electrons. The summed E-state index contributed by atoms with van der Waals surface area (Å²) in [5.74, 6) is 0.292. The molecule has 0 saturated carbocycles. The maximum Gasteiger partial charge on any atom is 0.311 e. The minimum atomic E-state index is -0.414. The van der Waals surface area contributed by atoms with Gasteiger partial charge in [0.05, 0.1) is 19.2 Å². The zero-order valence-corrected chi connectivity index (χ0v) is 12.7. The number of aromatic amines is 1. The molecule has 0 unspecified atom stereocenters. The highest BCUT2D eigenvalue weighted by Crippen LogP contribution is 2.20. The fourth-order valence-corrected chi connectivity index (χ4v) is 2.75. The van der Waals surface area contributed by atoms with Crippen molar-refractivity contribution in [2.24, 2.45) is 0 Å². The molecule has 0 amide bonds. The highest BCUT2D eigenvalue weighted by Gasteiger charge is 2.08. The first-order chi connectivity index (χ1) is 10.1. The second-order valence-corrected chi connectivity index (χ2v) is 5.47. The summed E-state index contributed by atoms with van der Waals surface area (Å²) in [5.41, 5.74) is 2.52. The van der Waals surface area contributed by atoms with Gasteiger partial charge >= 0.3 is 5.97 Å². The quantitative estimate of drug-likeness (QED) is 0.520. The summed E-state index contributed by atoms with van der Waals surface area (Å²) in [7, 11) is 1.31. The first kappa shape index (κ1) is 15.3. The Balaban J connectivity index is 2.11. The Morgan fingerprint density at radius 3 is 2.86 bits per heavy atom. The summed E-state index contributed by atoms with van der Waals surface area (Å²) in [4.78, 5) is 29.8. The smallest absolute Gasteiger partial charge is 0.311 e. The molecule has 0 saturated heterocycles. The average molecular weight is 304 g/mol. The molecular formula is C15H16N2O3S. The molecule has 0 aliphatic heterocycles. The van der Waals surface area contributed by atoms with Crippen molar-refractivity contribution in [3.8, 4) is 0 Å². The Bertz CT molecular complexity index is 697. The number of ether oxygens (including phenoxy) is 1. The minimum absolute atomic E-state index is 0.00164. The predicted octanol–water partition coefficient (Wildman–Crippen LogP) is 2.09. The van der Waals surface area contributed by atoms with Gasteiger partial charge in [0, 0.05) is 11.8 Å². The number of esters is 1. The molecule has 0 spiro atoms. The number of methoxy groups -OCH3 is 1. The van der Waals surface area contributed by atoms with E-state index in [0.29, 0.717) is 16.6 Å². The van der Waals surface area contributed by atoms with Crippen LogP contribution in [0.4, 0.5) is 0 Å². The Labute approximate surface area is 126 Å². The lowest BCUT2D eigenvalue weighted by Crippen LogP contribution is -2.13. The summed E-state index contributed by atoms with van der Waals surface area (Å²) in [6, 6.07) is 9.36. The van der Waals surface area contributed by atoms with Gasteiger partial charge < -0.3 is 9.72 Å². The van der Waals surface area contributed by atoms with E-state index in [1.54, 1.807) is 0 Å². The summed E-state index contributed by atoms with van der Waals surface area (Å²) in [5, 5.41) is 0.504. The summed E-state index contributed by atoms with van der Waals surface area (Å²) >= 11 is 1.43. The Morgan fingerprint density at radius 2 is 2.14 bits per heavy atom. The molecule has 5 nitrogen and oxygen atoms in total. The topological polar surface area (TPSA) is 72.1 Å². The van der Waals surface area contributed by atoms with E-state index in [1.807, 2.05) is 31.2 Å². The average Bonchev–Trinajstić information content (AvgIpc) is 2.45. The van der Waals surface area contributed by atoms with Gasteiger partial charge in [-0.15, -0.1) is 0 Å². The van der Waals surface area contributed by atoms with Gasteiger partial charge in [-0.25, -0.2) is 4.98 Å². The lowest BCUT2D eigenvalue weighted by molar-refractivity contribution is -0.139. The largest absolute Gasteiger partial charge is 0.469 e. The maximum absolute atomic E-state index is 11.6. The number of aryl methyl sites for hydroxylation is 1. The maximum atomic E-state index is 11.6. The highest BCUT2D eigenvalue weighted by molar-refractivity contribution is 7.98. The van der Waals surface area contributed by atoms with Crippen molar-refractivity contribution in [1.29, 1.82) is 0 Å². The number of carbonyl (C=O) groups is 1. The predicted molar refractivity (Wildman–Crippen MR) is 81.3 cm³/mol. The Kier molecular flexibility index (Phi) is 5.16. The van der Waals surface area contributed by atoms with Crippen molar-refractivity contribution < 1.29 is 9.53 Å². The Hall–Kier alpha value is -2.08. The molecule has 0 fully saturated rings. The van der Waals surface area contributed by atoms with Gasteiger partial charge in [0.15, 0.2) is 5.16 Å². The molecule has 21 heavy (non-hydrogen) atoms. The summed E-state index contributed by atoms with van der Waals surface area (Å²) < 4.78 is 4.58. The van der Waals surface area contributed by atoms with E-state index in [0.717, 1.165) is 0 Å². The molecule has 2 rings (SSSR count). The molecule has 1 heterocycles. The third-order valence-electron chi connectivity index (χ3n) is 2.95. The molecule has 0 bridgehead atoms. The molecule has 0 atom stereocenters. The highest BCUT2D eigenvalue weighted by atomic mass is 32.2. The van der Waals surface area contributed by atoms with Crippen LogP contribution >= 0.6 is 11.8 Å². The van der Waals surface area contributed by atoms with Gasteiger partial charge in [0.1, 0.15) is 0 Å². The molecule has 1 N–H and O–H groups in total.